The summed E-state index contributed by atoms with van der Waals surface area (Å²) >= 11 is 0. The molecule has 0 aliphatic heterocycles. The van der Waals surface area contributed by atoms with Gasteiger partial charge in [-0.1, -0.05) is 121 Å². The van der Waals surface area contributed by atoms with Gasteiger partial charge in [0.05, 0.1) is 25.6 Å². The van der Waals surface area contributed by atoms with E-state index >= 15 is 0 Å². The Hall–Kier alpha value is -9.26. The Labute approximate surface area is 417 Å². The van der Waals surface area contributed by atoms with Crippen LogP contribution in [0.2, 0.25) is 0 Å². The van der Waals surface area contributed by atoms with Gasteiger partial charge in [-0.25, -0.2) is 8.78 Å². The highest BCUT2D eigenvalue weighted by Gasteiger charge is 2.24. The zero-order chi connectivity index (χ0) is 48.7. The fraction of sp³-hybridized carbons (Fsp3) is 0.0303. The van der Waals surface area contributed by atoms with E-state index in [2.05, 4.69) is 168 Å². The summed E-state index contributed by atoms with van der Waals surface area (Å²) in [5, 5.41) is 6.66. The van der Waals surface area contributed by atoms with Gasteiger partial charge in [-0.15, -0.1) is 0 Å². The van der Waals surface area contributed by atoms with Crippen molar-refractivity contribution in [3.8, 4) is 56.0 Å². The van der Waals surface area contributed by atoms with Crippen molar-refractivity contribution in [3.63, 3.8) is 0 Å². The summed E-state index contributed by atoms with van der Waals surface area (Å²) in [6.45, 7) is 0. The molecule has 0 unspecified atom stereocenters. The normalized spacial score (nSPS) is 11.3. The van der Waals surface area contributed by atoms with Crippen LogP contribution in [-0.4, -0.2) is 14.2 Å². The lowest BCUT2D eigenvalue weighted by atomic mass is 9.91. The molecule has 0 amide bonds. The number of benzene rings is 12. The summed E-state index contributed by atoms with van der Waals surface area (Å²) < 4.78 is 40.1. The van der Waals surface area contributed by atoms with E-state index in [4.69, 9.17) is 9.47 Å². The Balaban J connectivity index is 1.10. The Morgan fingerprint density at radius 3 is 0.972 bits per heavy atom. The molecular weight excluding hydrogens is 891 g/mol. The SMILES string of the molecule is COc1ccc(N(c2cc(-c3ccccc3)cc(-c3ccc(F)cc3)c2)c2ccc3ccc4c(N(c5ccc(OC)cc5)c5cc(-c6ccccc6)cc(-c6ccc(F)cc6)c5)ccc5ccc2c3c54)cc1. The lowest BCUT2D eigenvalue weighted by Crippen LogP contribution is -2.12. The van der Waals surface area contributed by atoms with Gasteiger partial charge in [0.2, 0.25) is 0 Å². The van der Waals surface area contributed by atoms with Crippen LogP contribution in [0.15, 0.2) is 243 Å². The zero-order valence-corrected chi connectivity index (χ0v) is 39.6. The van der Waals surface area contributed by atoms with E-state index < -0.39 is 0 Å². The van der Waals surface area contributed by atoms with Crippen molar-refractivity contribution < 1.29 is 18.3 Å². The molecule has 0 fully saturated rings. The topological polar surface area (TPSA) is 24.9 Å². The van der Waals surface area contributed by atoms with Crippen molar-refractivity contribution in [2.24, 2.45) is 0 Å². The second-order valence-corrected chi connectivity index (χ2v) is 17.9. The first-order valence-corrected chi connectivity index (χ1v) is 23.9. The maximum atomic E-state index is 14.4. The third kappa shape index (κ3) is 8.18. The molecule has 0 bridgehead atoms. The minimum Gasteiger partial charge on any atom is -0.497 e. The van der Waals surface area contributed by atoms with Crippen LogP contribution in [0.25, 0.3) is 76.8 Å². The molecule has 0 saturated carbocycles. The van der Waals surface area contributed by atoms with Crippen molar-refractivity contribution in [2.75, 3.05) is 24.0 Å². The molecule has 0 aliphatic rings. The van der Waals surface area contributed by atoms with Gasteiger partial charge in [0, 0.05) is 33.5 Å². The summed E-state index contributed by atoms with van der Waals surface area (Å²) in [4.78, 5) is 4.64. The predicted octanol–water partition coefficient (Wildman–Crippen LogP) is 18.5. The third-order valence-corrected chi connectivity index (χ3v) is 13.7. The van der Waals surface area contributed by atoms with Crippen molar-refractivity contribution in [3.05, 3.63) is 254 Å². The van der Waals surface area contributed by atoms with Crippen molar-refractivity contribution in [2.45, 2.75) is 0 Å². The van der Waals surface area contributed by atoms with Crippen molar-refractivity contribution >= 4 is 66.4 Å². The van der Waals surface area contributed by atoms with E-state index in [9.17, 15) is 8.78 Å². The molecule has 0 aliphatic carbocycles. The highest BCUT2D eigenvalue weighted by molar-refractivity contribution is 6.28. The number of nitrogens with zero attached hydrogens (tertiary/aromatic N) is 2. The number of hydrogen-bond donors (Lipinski definition) is 0. The maximum Gasteiger partial charge on any atom is 0.123 e. The van der Waals surface area contributed by atoms with Gasteiger partial charge < -0.3 is 19.3 Å². The van der Waals surface area contributed by atoms with E-state index in [0.29, 0.717) is 0 Å². The van der Waals surface area contributed by atoms with Crippen molar-refractivity contribution in [1.29, 1.82) is 0 Å². The fourth-order valence-corrected chi connectivity index (χ4v) is 10.2. The average molecular weight is 937 g/mol. The van der Waals surface area contributed by atoms with Crippen LogP contribution in [0.3, 0.4) is 0 Å². The Kier molecular flexibility index (Phi) is 11.3. The molecule has 346 valence electrons. The molecule has 0 atom stereocenters. The van der Waals surface area contributed by atoms with E-state index in [-0.39, 0.29) is 11.6 Å². The monoisotopic (exact) mass is 936 g/mol. The maximum absolute atomic E-state index is 14.4. The van der Waals surface area contributed by atoms with Gasteiger partial charge in [-0.05, 0) is 187 Å². The quantitative estimate of drug-likeness (QED) is 0.114. The molecule has 0 spiro atoms. The molecule has 12 aromatic carbocycles. The van der Waals surface area contributed by atoms with Gasteiger partial charge in [-0.2, -0.15) is 0 Å². The van der Waals surface area contributed by atoms with Crippen LogP contribution in [0.5, 0.6) is 11.5 Å². The molecule has 0 N–H and O–H groups in total. The number of hydrogen-bond acceptors (Lipinski definition) is 4. The van der Waals surface area contributed by atoms with Crippen LogP contribution in [0, 0.1) is 11.6 Å². The van der Waals surface area contributed by atoms with E-state index in [1.54, 1.807) is 14.2 Å². The lowest BCUT2D eigenvalue weighted by molar-refractivity contribution is 0.414. The second-order valence-electron chi connectivity index (χ2n) is 17.9. The van der Waals surface area contributed by atoms with Crippen molar-refractivity contribution in [1.82, 2.24) is 0 Å². The zero-order valence-electron chi connectivity index (χ0n) is 39.6. The van der Waals surface area contributed by atoms with Gasteiger partial charge >= 0.3 is 0 Å². The van der Waals surface area contributed by atoms with E-state index in [1.165, 1.54) is 24.3 Å². The molecule has 12 rings (SSSR count). The fourth-order valence-electron chi connectivity index (χ4n) is 10.2. The molecule has 0 saturated heterocycles. The van der Waals surface area contributed by atoms with Crippen LogP contribution < -0.4 is 19.3 Å². The highest BCUT2D eigenvalue weighted by Crippen LogP contribution is 2.49. The summed E-state index contributed by atoms with van der Waals surface area (Å²) in [5.41, 5.74) is 13.7. The highest BCUT2D eigenvalue weighted by atomic mass is 19.1. The lowest BCUT2D eigenvalue weighted by Gasteiger charge is -2.30. The van der Waals surface area contributed by atoms with Crippen LogP contribution in [-0.2, 0) is 0 Å². The third-order valence-electron chi connectivity index (χ3n) is 13.7. The van der Waals surface area contributed by atoms with E-state index in [1.807, 2.05) is 60.7 Å². The van der Waals surface area contributed by atoms with Crippen LogP contribution in [0.1, 0.15) is 0 Å². The molecule has 0 radical (unpaired) electrons. The van der Waals surface area contributed by atoms with Gasteiger partial charge in [0.25, 0.3) is 0 Å². The summed E-state index contributed by atoms with van der Waals surface area (Å²) in [7, 11) is 3.36. The summed E-state index contributed by atoms with van der Waals surface area (Å²) in [6, 6.07) is 81.6. The minimum atomic E-state index is -0.280. The molecule has 72 heavy (non-hydrogen) atoms. The Morgan fingerprint density at radius 2 is 0.625 bits per heavy atom. The first-order chi connectivity index (χ1) is 35.4. The minimum absolute atomic E-state index is 0.280. The number of halogens is 2. The predicted molar refractivity (Wildman–Crippen MR) is 294 cm³/mol. The van der Waals surface area contributed by atoms with Gasteiger partial charge in [-0.3, -0.25) is 0 Å². The van der Waals surface area contributed by atoms with Gasteiger partial charge in [0.15, 0.2) is 0 Å². The Morgan fingerprint density at radius 1 is 0.292 bits per heavy atom. The average Bonchev–Trinajstić information content (AvgIpc) is 3.44. The number of methoxy groups -OCH3 is 2. The second kappa shape index (κ2) is 18.6. The van der Waals surface area contributed by atoms with Gasteiger partial charge in [0.1, 0.15) is 23.1 Å². The largest absolute Gasteiger partial charge is 0.497 e. The van der Waals surface area contributed by atoms with E-state index in [0.717, 1.165) is 122 Å². The summed E-state index contributed by atoms with van der Waals surface area (Å²) in [5.74, 6) is 0.953. The smallest absolute Gasteiger partial charge is 0.123 e. The van der Waals surface area contributed by atoms with Crippen LogP contribution >= 0.6 is 0 Å². The first-order valence-electron chi connectivity index (χ1n) is 23.9. The molecular formula is C66H46F2N2O2. The molecule has 0 heterocycles. The Bertz CT molecular complexity index is 3620. The molecule has 12 aromatic rings. The standard InChI is InChI=1S/C66H46F2N2O2/c1-71-59-29-25-55(26-30-59)69(57-39-49(43-9-5-3-6-10-43)37-51(41-57)45-13-21-53(67)22-14-45)63-35-19-47-18-34-62-64(36-20-48-17-33-61(63)65(47)66(48)62)70(56-27-31-60(72-2)32-28-56)58-40-50(44-11-7-4-8-12-44)38-52(42-58)46-15-23-54(68)24-16-46/h3-42H,1-2H3. The molecule has 4 nitrogen and oxygen atoms in total. The summed E-state index contributed by atoms with van der Waals surface area (Å²) in [6.07, 6.45) is 0. The molecule has 0 aromatic heterocycles. The van der Waals surface area contributed by atoms with Crippen LogP contribution in [0.4, 0.5) is 42.9 Å². The number of ether oxygens (including phenoxy) is 2. The number of rotatable bonds is 12. The first kappa shape index (κ1) is 44.0. The molecule has 6 heteroatoms. The number of anilines is 6.